The van der Waals surface area contributed by atoms with Crippen molar-refractivity contribution in [1.29, 1.82) is 0 Å². The van der Waals surface area contributed by atoms with E-state index in [4.69, 9.17) is 4.74 Å². The monoisotopic (exact) mass is 215 g/mol. The first-order chi connectivity index (χ1) is 6.69. The van der Waals surface area contributed by atoms with E-state index in [0.29, 0.717) is 0 Å². The lowest BCUT2D eigenvalue weighted by molar-refractivity contribution is 0.0512. The van der Waals surface area contributed by atoms with Gasteiger partial charge in [0.15, 0.2) is 0 Å². The lowest BCUT2D eigenvalue weighted by atomic mass is 10.5. The summed E-state index contributed by atoms with van der Waals surface area (Å²) in [6.45, 7) is 1.95. The Labute approximate surface area is 84.1 Å². The normalized spacial score (nSPS) is 9.86. The van der Waals surface area contributed by atoms with Crippen LogP contribution in [0, 0.1) is 0 Å². The average Bonchev–Trinajstić information content (AvgIpc) is 2.17. The molecule has 0 bridgehead atoms. The zero-order valence-corrected chi connectivity index (χ0v) is 8.55. The summed E-state index contributed by atoms with van der Waals surface area (Å²) in [4.78, 5) is 25.6. The highest BCUT2D eigenvalue weighted by molar-refractivity contribution is 7.98. The lowest BCUT2D eigenvalue weighted by Gasteiger charge is -2.02. The van der Waals surface area contributed by atoms with Crippen LogP contribution in [0.4, 0.5) is 0 Å². The number of hydrogen-bond donors (Lipinski definition) is 1. The Morgan fingerprint density at radius 3 is 2.93 bits per heavy atom. The molecule has 1 aromatic heterocycles. The Morgan fingerprint density at radius 2 is 2.36 bits per heavy atom. The molecule has 14 heavy (non-hydrogen) atoms. The number of esters is 1. The number of H-pyrrole nitrogens is 1. The molecular weight excluding hydrogens is 206 g/mol. The van der Waals surface area contributed by atoms with Crippen LogP contribution in [-0.2, 0) is 4.74 Å². The SMILES string of the molecule is CCOC(=O)c1n[nH]c(=O)nc1SC. The molecule has 0 aromatic carbocycles. The summed E-state index contributed by atoms with van der Waals surface area (Å²) >= 11 is 1.17. The van der Waals surface area contributed by atoms with Gasteiger partial charge >= 0.3 is 11.7 Å². The van der Waals surface area contributed by atoms with E-state index >= 15 is 0 Å². The van der Waals surface area contributed by atoms with Gasteiger partial charge in [-0.15, -0.1) is 11.8 Å². The molecule has 0 unspecified atom stereocenters. The molecule has 1 N–H and O–H groups in total. The van der Waals surface area contributed by atoms with Crippen LogP contribution >= 0.6 is 11.8 Å². The van der Waals surface area contributed by atoms with Crippen LogP contribution < -0.4 is 5.69 Å². The molecule has 0 amide bonds. The van der Waals surface area contributed by atoms with Gasteiger partial charge in [0, 0.05) is 0 Å². The number of thioether (sulfide) groups is 1. The Kier molecular flexibility index (Phi) is 3.63. The minimum Gasteiger partial charge on any atom is -0.461 e. The summed E-state index contributed by atoms with van der Waals surface area (Å²) in [5.74, 6) is -0.583. The van der Waals surface area contributed by atoms with Crippen molar-refractivity contribution >= 4 is 17.7 Å². The van der Waals surface area contributed by atoms with E-state index in [-0.39, 0.29) is 17.3 Å². The van der Waals surface area contributed by atoms with Gasteiger partial charge in [-0.05, 0) is 13.2 Å². The standard InChI is InChI=1S/C7H9N3O3S/c1-3-13-6(11)4-5(14-2)8-7(12)10-9-4/h3H2,1-2H3,(H,8,10,12). The molecule has 0 aliphatic heterocycles. The molecular formula is C7H9N3O3S. The minimum atomic E-state index is -0.583. The second kappa shape index (κ2) is 4.75. The van der Waals surface area contributed by atoms with Crippen molar-refractivity contribution in [3.63, 3.8) is 0 Å². The topological polar surface area (TPSA) is 84.9 Å². The van der Waals surface area contributed by atoms with Crippen LogP contribution in [0.3, 0.4) is 0 Å². The van der Waals surface area contributed by atoms with Gasteiger partial charge in [0.25, 0.3) is 0 Å². The highest BCUT2D eigenvalue weighted by Crippen LogP contribution is 2.13. The van der Waals surface area contributed by atoms with E-state index in [2.05, 4.69) is 15.2 Å². The van der Waals surface area contributed by atoms with Gasteiger partial charge < -0.3 is 4.74 Å². The number of aromatic amines is 1. The first-order valence-electron chi connectivity index (χ1n) is 3.86. The zero-order valence-electron chi connectivity index (χ0n) is 7.73. The number of hydrogen-bond acceptors (Lipinski definition) is 6. The van der Waals surface area contributed by atoms with Crippen LogP contribution in [0.15, 0.2) is 9.82 Å². The first kappa shape index (κ1) is 10.7. The third-order valence-corrected chi connectivity index (χ3v) is 2.00. The number of nitrogens with one attached hydrogen (secondary N) is 1. The van der Waals surface area contributed by atoms with Crippen molar-refractivity contribution in [2.45, 2.75) is 11.9 Å². The largest absolute Gasteiger partial charge is 0.461 e. The van der Waals surface area contributed by atoms with Gasteiger partial charge in [-0.25, -0.2) is 14.7 Å². The summed E-state index contributed by atoms with van der Waals surface area (Å²) in [5, 5.41) is 5.93. The molecule has 76 valence electrons. The van der Waals surface area contributed by atoms with Gasteiger partial charge in [-0.1, -0.05) is 0 Å². The van der Waals surface area contributed by atoms with Crippen molar-refractivity contribution in [1.82, 2.24) is 15.2 Å². The summed E-state index contributed by atoms with van der Waals surface area (Å²) < 4.78 is 4.73. The molecule has 0 atom stereocenters. The maximum absolute atomic E-state index is 11.3. The van der Waals surface area contributed by atoms with Crippen LogP contribution in [0.25, 0.3) is 0 Å². The molecule has 0 saturated heterocycles. The fourth-order valence-electron chi connectivity index (χ4n) is 0.796. The Bertz CT molecular complexity index is 390. The number of aromatic nitrogens is 3. The second-order valence-electron chi connectivity index (χ2n) is 2.22. The second-order valence-corrected chi connectivity index (χ2v) is 3.01. The molecule has 0 fully saturated rings. The molecule has 7 heteroatoms. The molecule has 1 rings (SSSR count). The van der Waals surface area contributed by atoms with E-state index in [1.54, 1.807) is 13.2 Å². The van der Waals surface area contributed by atoms with Crippen molar-refractivity contribution < 1.29 is 9.53 Å². The molecule has 0 spiro atoms. The molecule has 1 heterocycles. The summed E-state index contributed by atoms with van der Waals surface area (Å²) in [7, 11) is 0. The van der Waals surface area contributed by atoms with Crippen molar-refractivity contribution in [2.24, 2.45) is 0 Å². The Hall–Kier alpha value is -1.37. The summed E-state index contributed by atoms with van der Waals surface area (Å²) in [5.41, 5.74) is -0.540. The van der Waals surface area contributed by atoms with Crippen LogP contribution in [-0.4, -0.2) is 34.0 Å². The highest BCUT2D eigenvalue weighted by atomic mass is 32.2. The van der Waals surface area contributed by atoms with Crippen molar-refractivity contribution in [3.05, 3.63) is 16.2 Å². The van der Waals surface area contributed by atoms with E-state index in [1.165, 1.54) is 11.8 Å². The number of carbonyl (C=O) groups is 1. The first-order valence-corrected chi connectivity index (χ1v) is 5.09. The zero-order chi connectivity index (χ0) is 10.6. The maximum Gasteiger partial charge on any atom is 0.362 e. The molecule has 0 saturated carbocycles. The molecule has 0 aliphatic rings. The quantitative estimate of drug-likeness (QED) is 0.567. The molecule has 6 nitrogen and oxygen atoms in total. The average molecular weight is 215 g/mol. The number of ether oxygens (including phenoxy) is 1. The van der Waals surface area contributed by atoms with Gasteiger partial charge in [-0.2, -0.15) is 10.1 Å². The van der Waals surface area contributed by atoms with E-state index in [1.807, 2.05) is 0 Å². The fraction of sp³-hybridized carbons (Fsp3) is 0.429. The summed E-state index contributed by atoms with van der Waals surface area (Å²) in [6.07, 6.45) is 1.70. The van der Waals surface area contributed by atoms with Crippen LogP contribution in [0.5, 0.6) is 0 Å². The van der Waals surface area contributed by atoms with E-state index < -0.39 is 11.7 Å². The third-order valence-electron chi connectivity index (χ3n) is 1.33. The number of carbonyl (C=O) groups excluding carboxylic acids is 1. The minimum absolute atomic E-state index is 0.0407. The third kappa shape index (κ3) is 2.32. The lowest BCUT2D eigenvalue weighted by Crippen LogP contribution is -2.19. The predicted octanol–water partition coefficient (Wildman–Crippen LogP) is 0.0635. The molecule has 0 radical (unpaired) electrons. The van der Waals surface area contributed by atoms with Gasteiger partial charge in [0.2, 0.25) is 5.69 Å². The number of rotatable bonds is 3. The molecule has 0 aliphatic carbocycles. The fourth-order valence-corrected chi connectivity index (χ4v) is 1.29. The van der Waals surface area contributed by atoms with Gasteiger partial charge in [-0.3, -0.25) is 0 Å². The summed E-state index contributed by atoms with van der Waals surface area (Å²) in [6, 6.07) is 0. The Morgan fingerprint density at radius 1 is 1.64 bits per heavy atom. The maximum atomic E-state index is 11.3. The molecule has 1 aromatic rings. The van der Waals surface area contributed by atoms with Crippen LogP contribution in [0.1, 0.15) is 17.4 Å². The van der Waals surface area contributed by atoms with Crippen molar-refractivity contribution in [3.8, 4) is 0 Å². The smallest absolute Gasteiger partial charge is 0.362 e. The Balaban J connectivity index is 3.07. The predicted molar refractivity (Wildman–Crippen MR) is 50.4 cm³/mol. The van der Waals surface area contributed by atoms with Crippen molar-refractivity contribution in [2.75, 3.05) is 12.9 Å². The van der Waals surface area contributed by atoms with Gasteiger partial charge in [0.05, 0.1) is 6.61 Å². The number of nitrogens with zero attached hydrogens (tertiary/aromatic N) is 2. The van der Waals surface area contributed by atoms with E-state index in [9.17, 15) is 9.59 Å². The van der Waals surface area contributed by atoms with Crippen LogP contribution in [0.2, 0.25) is 0 Å². The van der Waals surface area contributed by atoms with E-state index in [0.717, 1.165) is 0 Å². The highest BCUT2D eigenvalue weighted by Gasteiger charge is 2.15. The van der Waals surface area contributed by atoms with Gasteiger partial charge in [0.1, 0.15) is 5.03 Å².